The molecule has 4 aliphatic carbocycles. The van der Waals surface area contributed by atoms with E-state index in [4.69, 9.17) is 0 Å². The summed E-state index contributed by atoms with van der Waals surface area (Å²) in [6.45, 7) is 6.07. The second-order valence-electron chi connectivity index (χ2n) is 11.4. The number of halogens is 3. The molecule has 4 bridgehead atoms. The van der Waals surface area contributed by atoms with Gasteiger partial charge in [0, 0.05) is 44.8 Å². The number of piperazine rings is 1. The van der Waals surface area contributed by atoms with E-state index in [1.54, 1.807) is 0 Å². The molecule has 188 valence electrons. The number of nitrogens with zero attached hydrogens (tertiary/aromatic N) is 3. The van der Waals surface area contributed by atoms with Crippen LogP contribution in [0.15, 0.2) is 18.3 Å². The molecule has 1 aromatic heterocycles. The Hall–Kier alpha value is -1.91. The first-order valence-electron chi connectivity index (χ1n) is 12.1. The summed E-state index contributed by atoms with van der Waals surface area (Å²) in [5, 5.41) is 24.9. The fourth-order valence-corrected chi connectivity index (χ4v) is 7.00. The monoisotopic (exact) mass is 482 g/mol. The van der Waals surface area contributed by atoms with E-state index in [1.165, 1.54) is 6.07 Å². The number of alkyl halides is 3. The maximum atomic E-state index is 13.4. The fraction of sp³-hybridized carbons (Fsp3) is 0.750. The lowest BCUT2D eigenvalue weighted by Gasteiger charge is -2.61. The molecule has 4 saturated carbocycles. The number of rotatable bonds is 4. The molecule has 1 aliphatic heterocycles. The van der Waals surface area contributed by atoms with Crippen LogP contribution < -0.4 is 10.2 Å². The first-order valence-corrected chi connectivity index (χ1v) is 12.1. The topological polar surface area (TPSA) is 88.9 Å². The number of aromatic nitrogens is 1. The van der Waals surface area contributed by atoms with Crippen LogP contribution in [0.4, 0.5) is 19.0 Å². The zero-order valence-corrected chi connectivity index (χ0v) is 19.6. The van der Waals surface area contributed by atoms with Gasteiger partial charge in [0.1, 0.15) is 5.82 Å². The molecule has 1 aromatic rings. The van der Waals surface area contributed by atoms with Crippen LogP contribution in [0, 0.1) is 11.8 Å². The number of aliphatic hydroxyl groups is 2. The van der Waals surface area contributed by atoms with Crippen LogP contribution >= 0.6 is 0 Å². The number of anilines is 1. The van der Waals surface area contributed by atoms with E-state index in [0.29, 0.717) is 64.1 Å². The van der Waals surface area contributed by atoms with E-state index in [0.717, 1.165) is 12.3 Å². The molecule has 1 saturated heterocycles. The number of pyridine rings is 1. The van der Waals surface area contributed by atoms with Gasteiger partial charge in [-0.2, -0.15) is 13.2 Å². The summed E-state index contributed by atoms with van der Waals surface area (Å²) in [7, 11) is 0. The van der Waals surface area contributed by atoms with Crippen molar-refractivity contribution in [3.63, 3.8) is 0 Å². The first kappa shape index (κ1) is 23.8. The second-order valence-corrected chi connectivity index (χ2v) is 11.4. The molecule has 0 atom stereocenters. The Morgan fingerprint density at radius 1 is 1.03 bits per heavy atom. The zero-order valence-electron chi connectivity index (χ0n) is 19.6. The second kappa shape index (κ2) is 7.80. The molecule has 0 radical (unpaired) electrons. The molecule has 1 amide bonds. The van der Waals surface area contributed by atoms with Gasteiger partial charge in [-0.1, -0.05) is 0 Å². The number of amides is 1. The lowest BCUT2D eigenvalue weighted by molar-refractivity contribution is -0.210. The highest BCUT2D eigenvalue weighted by Gasteiger charge is 2.61. The largest absolute Gasteiger partial charge is 0.417 e. The normalized spacial score (nSPS) is 36.1. The fourth-order valence-electron chi connectivity index (χ4n) is 7.00. The van der Waals surface area contributed by atoms with Gasteiger partial charge in [-0.15, -0.1) is 0 Å². The summed E-state index contributed by atoms with van der Waals surface area (Å²) in [6, 6.07) is 2.40. The van der Waals surface area contributed by atoms with Gasteiger partial charge in [0.15, 0.2) is 0 Å². The van der Waals surface area contributed by atoms with Gasteiger partial charge in [-0.05, 0) is 63.5 Å². The predicted molar refractivity (Wildman–Crippen MR) is 119 cm³/mol. The smallest absolute Gasteiger partial charge is 0.390 e. The number of hydrogen-bond donors (Lipinski definition) is 3. The first-order chi connectivity index (χ1) is 15.8. The van der Waals surface area contributed by atoms with Crippen LogP contribution in [-0.4, -0.2) is 75.0 Å². The third-order valence-electron chi connectivity index (χ3n) is 8.57. The molecule has 0 unspecified atom stereocenters. The van der Waals surface area contributed by atoms with Crippen LogP contribution in [-0.2, 0) is 11.0 Å². The minimum absolute atomic E-state index is 0.0368. The zero-order chi connectivity index (χ0) is 24.5. The average Bonchev–Trinajstić information content (AvgIpc) is 2.74. The third kappa shape index (κ3) is 4.18. The van der Waals surface area contributed by atoms with Crippen LogP contribution in [0.3, 0.4) is 0 Å². The summed E-state index contributed by atoms with van der Waals surface area (Å²) in [5.74, 6) is 0.599. The Labute approximate surface area is 197 Å². The molecule has 10 heteroatoms. The van der Waals surface area contributed by atoms with Crippen molar-refractivity contribution in [2.75, 3.05) is 31.1 Å². The Morgan fingerprint density at radius 3 is 2.06 bits per heavy atom. The van der Waals surface area contributed by atoms with Crippen molar-refractivity contribution < 1.29 is 28.2 Å². The highest BCUT2D eigenvalue weighted by molar-refractivity contribution is 5.85. The molecule has 7 nitrogen and oxygen atoms in total. The molecule has 3 N–H and O–H groups in total. The minimum atomic E-state index is -4.41. The molecule has 34 heavy (non-hydrogen) atoms. The van der Waals surface area contributed by atoms with Crippen molar-refractivity contribution in [1.29, 1.82) is 0 Å². The van der Waals surface area contributed by atoms with Gasteiger partial charge < -0.3 is 20.4 Å². The lowest BCUT2D eigenvalue weighted by Crippen LogP contribution is -2.69. The molecular weight excluding hydrogens is 449 g/mol. The van der Waals surface area contributed by atoms with Crippen molar-refractivity contribution in [2.24, 2.45) is 11.8 Å². The maximum Gasteiger partial charge on any atom is 0.417 e. The summed E-state index contributed by atoms with van der Waals surface area (Å²) in [5.41, 5.74) is -3.14. The highest BCUT2D eigenvalue weighted by atomic mass is 19.4. The Morgan fingerprint density at radius 2 is 1.59 bits per heavy atom. The van der Waals surface area contributed by atoms with Crippen LogP contribution in [0.1, 0.15) is 51.5 Å². The van der Waals surface area contributed by atoms with Crippen molar-refractivity contribution in [2.45, 2.75) is 74.9 Å². The van der Waals surface area contributed by atoms with Crippen LogP contribution in [0.2, 0.25) is 0 Å². The quantitative estimate of drug-likeness (QED) is 0.610. The number of hydrogen-bond acceptors (Lipinski definition) is 6. The van der Waals surface area contributed by atoms with Crippen molar-refractivity contribution >= 4 is 11.7 Å². The molecule has 0 spiro atoms. The van der Waals surface area contributed by atoms with E-state index < -0.39 is 28.5 Å². The number of carbonyl (C=O) groups excluding carboxylic acids is 1. The predicted octanol–water partition coefficient (Wildman–Crippen LogP) is 2.17. The maximum absolute atomic E-state index is 13.4. The van der Waals surface area contributed by atoms with Gasteiger partial charge in [-0.3, -0.25) is 9.69 Å². The van der Waals surface area contributed by atoms with Crippen LogP contribution in [0.5, 0.6) is 0 Å². The van der Waals surface area contributed by atoms with Gasteiger partial charge in [0.25, 0.3) is 0 Å². The average molecular weight is 483 g/mol. The molecule has 5 fully saturated rings. The Bertz CT molecular complexity index is 908. The van der Waals surface area contributed by atoms with Crippen molar-refractivity contribution in [3.8, 4) is 0 Å². The van der Waals surface area contributed by atoms with E-state index in [-0.39, 0.29) is 23.8 Å². The molecule has 6 rings (SSSR count). The van der Waals surface area contributed by atoms with E-state index in [1.807, 2.05) is 18.7 Å². The lowest BCUT2D eigenvalue weighted by atomic mass is 9.50. The molecule has 2 heterocycles. The van der Waals surface area contributed by atoms with E-state index >= 15 is 0 Å². The van der Waals surface area contributed by atoms with E-state index in [2.05, 4.69) is 15.2 Å². The Balaban J connectivity index is 1.19. The van der Waals surface area contributed by atoms with Gasteiger partial charge in [0.05, 0.1) is 22.3 Å². The van der Waals surface area contributed by atoms with Crippen molar-refractivity contribution in [3.05, 3.63) is 23.9 Å². The van der Waals surface area contributed by atoms with Gasteiger partial charge in [-0.25, -0.2) is 4.98 Å². The minimum Gasteiger partial charge on any atom is -0.390 e. The summed E-state index contributed by atoms with van der Waals surface area (Å²) in [4.78, 5) is 21.4. The summed E-state index contributed by atoms with van der Waals surface area (Å²) < 4.78 is 38.4. The molecule has 0 aromatic carbocycles. The number of nitrogens with one attached hydrogen (secondary N) is 1. The van der Waals surface area contributed by atoms with Crippen LogP contribution in [0.25, 0.3) is 0 Å². The third-order valence-corrected chi connectivity index (χ3v) is 8.57. The molecule has 5 aliphatic rings. The summed E-state index contributed by atoms with van der Waals surface area (Å²) in [6.07, 6.45) is -0.624. The summed E-state index contributed by atoms with van der Waals surface area (Å²) >= 11 is 0. The SMILES string of the molecule is CC(C)(C(=O)NC1C2CC3(O)CC1CC(O)(C2)C3)N1CCN(c2ccc(C(F)(F)F)cn2)CC1. The van der Waals surface area contributed by atoms with Gasteiger partial charge in [0.2, 0.25) is 5.91 Å². The molecular formula is C24H33F3N4O3. The van der Waals surface area contributed by atoms with Crippen molar-refractivity contribution in [1.82, 2.24) is 15.2 Å². The number of carbonyl (C=O) groups is 1. The standard InChI is InChI=1S/C24H33F3N4O3/c1-21(2,20(32)29-19-15-9-22(33)11-16(19)12-23(34,10-15)14-22)31-7-5-30(6-8-31)18-4-3-17(13-28-18)24(25,26)27/h3-4,13,15-16,19,33-34H,5-12,14H2,1-2H3,(H,29,32). The highest BCUT2D eigenvalue weighted by Crippen LogP contribution is 2.57. The van der Waals surface area contributed by atoms with E-state index in [9.17, 15) is 28.2 Å². The van der Waals surface area contributed by atoms with Gasteiger partial charge >= 0.3 is 6.18 Å². The Kier molecular flexibility index (Phi) is 5.46.